The number of nitrogens with two attached hydrogens (primary N) is 2. The molecule has 0 unspecified atom stereocenters. The summed E-state index contributed by atoms with van der Waals surface area (Å²) >= 11 is 0. The normalized spacial score (nSPS) is 10.8. The summed E-state index contributed by atoms with van der Waals surface area (Å²) in [7, 11) is 0. The van der Waals surface area contributed by atoms with Crippen LogP contribution in [0.1, 0.15) is 0 Å². The number of benzene rings is 2. The number of anilines is 2. The highest BCUT2D eigenvalue weighted by atomic mass is 16.3. The highest BCUT2D eigenvalue weighted by molar-refractivity contribution is 5.87. The largest absolute Gasteiger partial charge is 0.436 e. The molecule has 0 radical (unpaired) electrons. The van der Waals surface area contributed by atoms with Crippen molar-refractivity contribution >= 4 is 22.5 Å². The Morgan fingerprint density at radius 1 is 0.941 bits per heavy atom. The van der Waals surface area contributed by atoms with Crippen LogP contribution in [0.5, 0.6) is 0 Å². The number of fused-ring (bicyclic) bond motifs is 1. The van der Waals surface area contributed by atoms with Crippen LogP contribution in [-0.2, 0) is 0 Å². The number of aromatic nitrogens is 1. The van der Waals surface area contributed by atoms with E-state index >= 15 is 0 Å². The fourth-order valence-corrected chi connectivity index (χ4v) is 1.72. The van der Waals surface area contributed by atoms with Crippen LogP contribution in [0.3, 0.4) is 0 Å². The van der Waals surface area contributed by atoms with E-state index in [4.69, 9.17) is 15.9 Å². The minimum Gasteiger partial charge on any atom is -0.436 e. The van der Waals surface area contributed by atoms with E-state index in [9.17, 15) is 0 Å². The Balaban J connectivity index is 2.18. The summed E-state index contributed by atoms with van der Waals surface area (Å²) in [5.74, 6) is 0.554. The molecule has 0 aliphatic carbocycles. The maximum absolute atomic E-state index is 5.83. The summed E-state index contributed by atoms with van der Waals surface area (Å²) in [4.78, 5) is 4.38. The molecule has 0 amide bonds. The van der Waals surface area contributed by atoms with Crippen LogP contribution in [0, 0.1) is 0 Å². The second-order valence-electron chi connectivity index (χ2n) is 3.84. The highest BCUT2D eigenvalue weighted by Crippen LogP contribution is 2.27. The van der Waals surface area contributed by atoms with Crippen LogP contribution < -0.4 is 11.5 Å². The lowest BCUT2D eigenvalue weighted by Crippen LogP contribution is -1.85. The molecule has 0 saturated heterocycles. The molecule has 0 atom stereocenters. The standard InChI is InChI=1S/C13H11N3O/c14-9-6-4-8(5-7-9)13-16-12-10(15)2-1-3-11(12)17-13/h1-7H,14-15H2. The monoisotopic (exact) mass is 225 g/mol. The Kier molecular flexibility index (Phi) is 2.01. The van der Waals surface area contributed by atoms with E-state index < -0.39 is 0 Å². The summed E-state index contributed by atoms with van der Waals surface area (Å²) in [6.07, 6.45) is 0. The summed E-state index contributed by atoms with van der Waals surface area (Å²) < 4.78 is 5.64. The first-order valence-corrected chi connectivity index (χ1v) is 5.25. The third kappa shape index (κ3) is 1.59. The van der Waals surface area contributed by atoms with Gasteiger partial charge in [-0.15, -0.1) is 0 Å². The van der Waals surface area contributed by atoms with Gasteiger partial charge in [-0.2, -0.15) is 0 Å². The van der Waals surface area contributed by atoms with E-state index in [0.29, 0.717) is 28.4 Å². The Labute approximate surface area is 97.9 Å². The van der Waals surface area contributed by atoms with Gasteiger partial charge in [-0.1, -0.05) is 6.07 Å². The van der Waals surface area contributed by atoms with Crippen LogP contribution in [-0.4, -0.2) is 4.98 Å². The predicted octanol–water partition coefficient (Wildman–Crippen LogP) is 2.66. The zero-order chi connectivity index (χ0) is 11.8. The molecule has 0 saturated carbocycles. The van der Waals surface area contributed by atoms with Gasteiger partial charge in [-0.25, -0.2) is 4.98 Å². The van der Waals surface area contributed by atoms with Gasteiger partial charge in [0.2, 0.25) is 5.89 Å². The molecule has 3 aromatic rings. The first-order valence-electron chi connectivity index (χ1n) is 5.25. The topological polar surface area (TPSA) is 78.1 Å². The predicted molar refractivity (Wildman–Crippen MR) is 68.3 cm³/mol. The molecule has 1 aromatic heterocycles. The number of hydrogen-bond acceptors (Lipinski definition) is 4. The van der Waals surface area contributed by atoms with E-state index in [0.717, 1.165) is 5.56 Å². The van der Waals surface area contributed by atoms with Crippen LogP contribution >= 0.6 is 0 Å². The summed E-state index contributed by atoms with van der Waals surface area (Å²) in [5, 5.41) is 0. The van der Waals surface area contributed by atoms with Gasteiger partial charge in [-0.05, 0) is 36.4 Å². The molecule has 1 heterocycles. The smallest absolute Gasteiger partial charge is 0.227 e. The Morgan fingerprint density at radius 2 is 1.71 bits per heavy atom. The van der Waals surface area contributed by atoms with Crippen molar-refractivity contribution in [2.75, 3.05) is 11.5 Å². The first-order chi connectivity index (χ1) is 8.24. The first kappa shape index (κ1) is 9.72. The van der Waals surface area contributed by atoms with E-state index in [1.54, 1.807) is 6.07 Å². The van der Waals surface area contributed by atoms with E-state index in [2.05, 4.69) is 4.98 Å². The van der Waals surface area contributed by atoms with Crippen molar-refractivity contribution in [2.45, 2.75) is 0 Å². The molecule has 0 aliphatic rings. The second kappa shape index (κ2) is 3.52. The molecule has 0 aliphatic heterocycles. The van der Waals surface area contributed by atoms with Crippen molar-refractivity contribution in [3.8, 4) is 11.5 Å². The lowest BCUT2D eigenvalue weighted by Gasteiger charge is -1.95. The number of para-hydroxylation sites is 1. The molecular formula is C13H11N3O. The zero-order valence-corrected chi connectivity index (χ0v) is 9.05. The van der Waals surface area contributed by atoms with Crippen molar-refractivity contribution in [1.29, 1.82) is 0 Å². The Bertz CT molecular complexity index is 671. The Morgan fingerprint density at radius 3 is 2.41 bits per heavy atom. The lowest BCUT2D eigenvalue weighted by molar-refractivity contribution is 0.620. The third-order valence-electron chi connectivity index (χ3n) is 2.61. The van der Waals surface area contributed by atoms with Crippen molar-refractivity contribution in [3.05, 3.63) is 42.5 Å². The minimum absolute atomic E-state index is 0.554. The molecule has 0 bridgehead atoms. The number of oxazole rings is 1. The fraction of sp³-hybridized carbons (Fsp3) is 0. The van der Waals surface area contributed by atoms with Crippen molar-refractivity contribution < 1.29 is 4.42 Å². The SMILES string of the molecule is Nc1ccc(-c2nc3c(N)cccc3o2)cc1. The molecule has 4 heteroatoms. The molecule has 4 N–H and O–H groups in total. The van der Waals surface area contributed by atoms with Gasteiger partial charge in [-0.3, -0.25) is 0 Å². The van der Waals surface area contributed by atoms with Gasteiger partial charge in [0.15, 0.2) is 5.58 Å². The number of hydrogen-bond donors (Lipinski definition) is 2. The fourth-order valence-electron chi connectivity index (χ4n) is 1.72. The molecular weight excluding hydrogens is 214 g/mol. The van der Waals surface area contributed by atoms with E-state index in [1.807, 2.05) is 36.4 Å². The van der Waals surface area contributed by atoms with Crippen molar-refractivity contribution in [1.82, 2.24) is 4.98 Å². The second-order valence-corrected chi connectivity index (χ2v) is 3.84. The minimum atomic E-state index is 0.554. The zero-order valence-electron chi connectivity index (χ0n) is 9.05. The molecule has 2 aromatic carbocycles. The van der Waals surface area contributed by atoms with Gasteiger partial charge >= 0.3 is 0 Å². The third-order valence-corrected chi connectivity index (χ3v) is 2.61. The lowest BCUT2D eigenvalue weighted by atomic mass is 10.2. The van der Waals surface area contributed by atoms with Crippen molar-refractivity contribution in [3.63, 3.8) is 0 Å². The molecule has 0 fully saturated rings. The van der Waals surface area contributed by atoms with Gasteiger partial charge in [0.25, 0.3) is 0 Å². The van der Waals surface area contributed by atoms with E-state index in [1.165, 1.54) is 0 Å². The van der Waals surface area contributed by atoms with Crippen LogP contribution in [0.4, 0.5) is 11.4 Å². The average Bonchev–Trinajstić information content (AvgIpc) is 2.75. The van der Waals surface area contributed by atoms with E-state index in [-0.39, 0.29) is 0 Å². The maximum Gasteiger partial charge on any atom is 0.227 e. The van der Waals surface area contributed by atoms with Gasteiger partial charge < -0.3 is 15.9 Å². The maximum atomic E-state index is 5.83. The van der Waals surface area contributed by atoms with Crippen LogP contribution in [0.15, 0.2) is 46.9 Å². The van der Waals surface area contributed by atoms with Gasteiger partial charge in [0, 0.05) is 11.3 Å². The molecule has 3 rings (SSSR count). The molecule has 0 spiro atoms. The molecule has 4 nitrogen and oxygen atoms in total. The highest BCUT2D eigenvalue weighted by Gasteiger charge is 2.09. The number of nitrogen functional groups attached to an aromatic ring is 2. The number of rotatable bonds is 1. The number of nitrogens with zero attached hydrogens (tertiary/aromatic N) is 1. The molecule has 84 valence electrons. The van der Waals surface area contributed by atoms with Gasteiger partial charge in [0.1, 0.15) is 5.52 Å². The Hall–Kier alpha value is -2.49. The van der Waals surface area contributed by atoms with Gasteiger partial charge in [0.05, 0.1) is 5.69 Å². The quantitative estimate of drug-likeness (QED) is 0.624. The van der Waals surface area contributed by atoms with Crippen LogP contribution in [0.25, 0.3) is 22.6 Å². The van der Waals surface area contributed by atoms with Crippen molar-refractivity contribution in [2.24, 2.45) is 0 Å². The average molecular weight is 225 g/mol. The van der Waals surface area contributed by atoms with Crippen LogP contribution in [0.2, 0.25) is 0 Å². The summed E-state index contributed by atoms with van der Waals surface area (Å²) in [6, 6.07) is 12.9. The summed E-state index contributed by atoms with van der Waals surface area (Å²) in [6.45, 7) is 0. The molecule has 17 heavy (non-hydrogen) atoms. The summed E-state index contributed by atoms with van der Waals surface area (Å²) in [5.41, 5.74) is 15.1.